The normalized spacial score (nSPS) is 21.2. The highest BCUT2D eigenvalue weighted by Crippen LogP contribution is 2.31. The van der Waals surface area contributed by atoms with E-state index in [4.69, 9.17) is 0 Å². The minimum atomic E-state index is -1.24. The van der Waals surface area contributed by atoms with Crippen molar-refractivity contribution in [3.8, 4) is 0 Å². The number of anilines is 2. The number of carbonyl (C=O) groups is 4. The van der Waals surface area contributed by atoms with Crippen molar-refractivity contribution in [1.82, 2.24) is 10.2 Å². The highest BCUT2D eigenvalue weighted by Gasteiger charge is 2.49. The van der Waals surface area contributed by atoms with Crippen LogP contribution < -0.4 is 15.5 Å². The molecule has 2 aromatic rings. The smallest absolute Gasteiger partial charge is 0.323 e. The lowest BCUT2D eigenvalue weighted by Gasteiger charge is -2.30. The highest BCUT2D eigenvalue weighted by molar-refractivity contribution is 6.14. The van der Waals surface area contributed by atoms with Gasteiger partial charge in [0.15, 0.2) is 0 Å². The summed E-state index contributed by atoms with van der Waals surface area (Å²) < 4.78 is 0. The molecule has 28 heavy (non-hydrogen) atoms. The fourth-order valence-electron chi connectivity index (χ4n) is 3.48. The van der Waals surface area contributed by atoms with Gasteiger partial charge in [-0.05, 0) is 24.6 Å². The maximum atomic E-state index is 13.0. The van der Waals surface area contributed by atoms with Crippen LogP contribution in [0.4, 0.5) is 16.2 Å². The third-order valence-electron chi connectivity index (χ3n) is 4.99. The third kappa shape index (κ3) is 2.79. The Bertz CT molecular complexity index is 991. The molecule has 2 aliphatic heterocycles. The molecule has 1 fully saturated rings. The zero-order valence-electron chi connectivity index (χ0n) is 15.1. The summed E-state index contributed by atoms with van der Waals surface area (Å²) in [5, 5.41) is 5.37. The molecule has 2 heterocycles. The summed E-state index contributed by atoms with van der Waals surface area (Å²) in [7, 11) is 0. The van der Waals surface area contributed by atoms with Gasteiger partial charge in [-0.15, -0.1) is 0 Å². The molecular formula is C20H18N4O4. The summed E-state index contributed by atoms with van der Waals surface area (Å²) in [6.45, 7) is 0.987. The maximum absolute atomic E-state index is 13.0. The zero-order valence-corrected chi connectivity index (χ0v) is 15.1. The topological polar surface area (TPSA) is 98.8 Å². The summed E-state index contributed by atoms with van der Waals surface area (Å²) >= 11 is 0. The van der Waals surface area contributed by atoms with E-state index in [1.54, 1.807) is 55.5 Å². The molecular weight excluding hydrogens is 360 g/mol. The lowest BCUT2D eigenvalue weighted by molar-refractivity contribution is -0.134. The molecule has 8 heteroatoms. The Morgan fingerprint density at radius 2 is 1.71 bits per heavy atom. The average molecular weight is 378 g/mol. The summed E-state index contributed by atoms with van der Waals surface area (Å²) in [5.74, 6) is -1.35. The summed E-state index contributed by atoms with van der Waals surface area (Å²) in [4.78, 5) is 52.4. The molecule has 0 bridgehead atoms. The SMILES string of the molecule is CC1(c2ccccc2)NC(=O)N(CC(=O)N2CC(=O)Nc3ccccc32)C1=O. The van der Waals surface area contributed by atoms with Gasteiger partial charge in [-0.3, -0.25) is 24.2 Å². The molecule has 1 unspecified atom stereocenters. The van der Waals surface area contributed by atoms with E-state index in [1.165, 1.54) is 4.90 Å². The van der Waals surface area contributed by atoms with Crippen LogP contribution in [-0.4, -0.2) is 41.7 Å². The van der Waals surface area contributed by atoms with E-state index >= 15 is 0 Å². The lowest BCUT2D eigenvalue weighted by Crippen LogP contribution is -2.48. The second-order valence-corrected chi connectivity index (χ2v) is 6.86. The van der Waals surface area contributed by atoms with Gasteiger partial charge in [-0.25, -0.2) is 4.79 Å². The molecule has 2 N–H and O–H groups in total. The number of carbonyl (C=O) groups excluding carboxylic acids is 4. The van der Waals surface area contributed by atoms with Crippen molar-refractivity contribution in [3.05, 3.63) is 60.2 Å². The Balaban J connectivity index is 1.58. The van der Waals surface area contributed by atoms with Crippen molar-refractivity contribution in [3.63, 3.8) is 0 Å². The number of fused-ring (bicyclic) bond motifs is 1. The van der Waals surface area contributed by atoms with E-state index in [-0.39, 0.29) is 12.5 Å². The predicted molar refractivity (Wildman–Crippen MR) is 101 cm³/mol. The molecule has 0 spiro atoms. The molecule has 0 aliphatic carbocycles. The second-order valence-electron chi connectivity index (χ2n) is 6.86. The van der Waals surface area contributed by atoms with Crippen LogP contribution >= 0.6 is 0 Å². The van der Waals surface area contributed by atoms with Gasteiger partial charge >= 0.3 is 6.03 Å². The fourth-order valence-corrected chi connectivity index (χ4v) is 3.48. The second kappa shape index (κ2) is 6.49. The molecule has 142 valence electrons. The third-order valence-corrected chi connectivity index (χ3v) is 4.99. The largest absolute Gasteiger partial charge is 0.325 e. The number of amides is 5. The van der Waals surface area contributed by atoms with Crippen molar-refractivity contribution >= 4 is 35.1 Å². The van der Waals surface area contributed by atoms with Crippen LogP contribution in [0.25, 0.3) is 0 Å². The molecule has 5 amide bonds. The van der Waals surface area contributed by atoms with Crippen LogP contribution in [0, 0.1) is 0 Å². The number of hydrogen-bond donors (Lipinski definition) is 2. The van der Waals surface area contributed by atoms with Gasteiger partial charge < -0.3 is 10.6 Å². The van der Waals surface area contributed by atoms with Gasteiger partial charge in [-0.1, -0.05) is 42.5 Å². The van der Waals surface area contributed by atoms with Crippen molar-refractivity contribution in [2.75, 3.05) is 23.3 Å². The molecule has 8 nitrogen and oxygen atoms in total. The molecule has 4 rings (SSSR count). The quantitative estimate of drug-likeness (QED) is 0.790. The molecule has 0 saturated carbocycles. The first-order valence-corrected chi connectivity index (χ1v) is 8.79. The summed E-state index contributed by atoms with van der Waals surface area (Å²) in [6, 6.07) is 15.1. The van der Waals surface area contributed by atoms with E-state index in [0.29, 0.717) is 16.9 Å². The number of nitrogens with zero attached hydrogens (tertiary/aromatic N) is 2. The molecule has 1 saturated heterocycles. The van der Waals surface area contributed by atoms with Gasteiger partial charge in [0.05, 0.1) is 11.4 Å². The predicted octanol–water partition coefficient (Wildman–Crippen LogP) is 1.44. The van der Waals surface area contributed by atoms with Crippen LogP contribution in [0.3, 0.4) is 0 Å². The van der Waals surface area contributed by atoms with Gasteiger partial charge in [0.2, 0.25) is 11.8 Å². The summed E-state index contributed by atoms with van der Waals surface area (Å²) in [6.07, 6.45) is 0. The van der Waals surface area contributed by atoms with Gasteiger partial charge in [-0.2, -0.15) is 0 Å². The molecule has 2 aliphatic rings. The number of urea groups is 1. The maximum Gasteiger partial charge on any atom is 0.325 e. The van der Waals surface area contributed by atoms with Crippen molar-refractivity contribution in [2.24, 2.45) is 0 Å². The van der Waals surface area contributed by atoms with Crippen molar-refractivity contribution < 1.29 is 19.2 Å². The van der Waals surface area contributed by atoms with E-state index in [1.807, 2.05) is 6.07 Å². The molecule has 1 atom stereocenters. The van der Waals surface area contributed by atoms with Crippen LogP contribution in [0.2, 0.25) is 0 Å². The van der Waals surface area contributed by atoms with Crippen molar-refractivity contribution in [2.45, 2.75) is 12.5 Å². The molecule has 0 aromatic heterocycles. The van der Waals surface area contributed by atoms with Gasteiger partial charge in [0.1, 0.15) is 18.6 Å². The fraction of sp³-hybridized carbons (Fsp3) is 0.200. The van der Waals surface area contributed by atoms with E-state index in [2.05, 4.69) is 10.6 Å². The first-order chi connectivity index (χ1) is 13.4. The van der Waals surface area contributed by atoms with Crippen LogP contribution in [0.1, 0.15) is 12.5 Å². The monoisotopic (exact) mass is 378 g/mol. The minimum absolute atomic E-state index is 0.171. The van der Waals surface area contributed by atoms with E-state index in [0.717, 1.165) is 4.90 Å². The van der Waals surface area contributed by atoms with Crippen LogP contribution in [0.15, 0.2) is 54.6 Å². The highest BCUT2D eigenvalue weighted by atomic mass is 16.2. The molecule has 0 radical (unpaired) electrons. The summed E-state index contributed by atoms with van der Waals surface area (Å²) in [5.41, 5.74) is 0.435. The van der Waals surface area contributed by atoms with Crippen LogP contribution in [0.5, 0.6) is 0 Å². The average Bonchev–Trinajstić information content (AvgIpc) is 2.92. The first kappa shape index (κ1) is 17.7. The molecule has 2 aromatic carbocycles. The van der Waals surface area contributed by atoms with Crippen molar-refractivity contribution in [1.29, 1.82) is 0 Å². The number of rotatable bonds is 3. The Morgan fingerprint density at radius 1 is 1.04 bits per heavy atom. The van der Waals surface area contributed by atoms with Crippen LogP contribution in [-0.2, 0) is 19.9 Å². The van der Waals surface area contributed by atoms with Gasteiger partial charge in [0, 0.05) is 0 Å². The Labute approximate surface area is 161 Å². The number of imide groups is 1. The Hall–Kier alpha value is -3.68. The number of benzene rings is 2. The first-order valence-electron chi connectivity index (χ1n) is 8.79. The number of hydrogen-bond acceptors (Lipinski definition) is 4. The minimum Gasteiger partial charge on any atom is -0.323 e. The van der Waals surface area contributed by atoms with E-state index < -0.39 is 29.9 Å². The lowest BCUT2D eigenvalue weighted by atomic mass is 9.92. The Kier molecular flexibility index (Phi) is 4.11. The Morgan fingerprint density at radius 3 is 2.46 bits per heavy atom. The number of para-hydroxylation sites is 2. The van der Waals surface area contributed by atoms with Gasteiger partial charge in [0.25, 0.3) is 5.91 Å². The number of nitrogens with one attached hydrogen (secondary N) is 2. The van der Waals surface area contributed by atoms with E-state index in [9.17, 15) is 19.2 Å². The standard InChI is InChI=1S/C20H18N4O4/c1-20(13-7-3-2-4-8-13)18(27)24(19(28)22-20)12-17(26)23-11-16(25)21-14-9-5-6-10-15(14)23/h2-10H,11-12H2,1H3,(H,21,25)(H,22,28). The zero-order chi connectivity index (χ0) is 19.9.